The normalized spacial score (nSPS) is 35.2. The van der Waals surface area contributed by atoms with Crippen molar-refractivity contribution in [2.24, 2.45) is 11.3 Å². The van der Waals surface area contributed by atoms with Gasteiger partial charge in [-0.15, -0.1) is 11.6 Å². The van der Waals surface area contributed by atoms with Crippen molar-refractivity contribution in [1.82, 2.24) is 0 Å². The molecule has 0 aromatic carbocycles. The van der Waals surface area contributed by atoms with Gasteiger partial charge < -0.3 is 4.74 Å². The minimum absolute atomic E-state index is 0.0142. The average molecular weight is 191 g/mol. The van der Waals surface area contributed by atoms with Crippen molar-refractivity contribution >= 4 is 11.6 Å². The number of ether oxygens (including phenoxy) is 1. The molecule has 0 aromatic heterocycles. The van der Waals surface area contributed by atoms with Crippen molar-refractivity contribution in [2.45, 2.75) is 39.2 Å². The van der Waals surface area contributed by atoms with Crippen LogP contribution in [-0.2, 0) is 4.74 Å². The molecule has 1 rings (SSSR count). The zero-order valence-electron chi connectivity index (χ0n) is 8.48. The van der Waals surface area contributed by atoms with Gasteiger partial charge in [-0.1, -0.05) is 6.92 Å². The number of methoxy groups -OCH3 is 1. The predicted octanol–water partition coefficient (Wildman–Crippen LogP) is 3.07. The van der Waals surface area contributed by atoms with E-state index in [0.29, 0.717) is 5.41 Å². The summed E-state index contributed by atoms with van der Waals surface area (Å²) in [4.78, 5) is 0. The van der Waals surface area contributed by atoms with Crippen molar-refractivity contribution in [2.75, 3.05) is 13.0 Å². The molecule has 0 radical (unpaired) electrons. The second kappa shape index (κ2) is 3.19. The summed E-state index contributed by atoms with van der Waals surface area (Å²) >= 11 is 5.96. The lowest BCUT2D eigenvalue weighted by Crippen LogP contribution is -2.28. The summed E-state index contributed by atoms with van der Waals surface area (Å²) < 4.78 is 5.41. The SMILES string of the molecule is COC(C)(C)CC1(CCl)CC1C. The Labute approximate surface area is 80.4 Å². The van der Waals surface area contributed by atoms with Crippen LogP contribution in [-0.4, -0.2) is 18.6 Å². The number of hydrogen-bond donors (Lipinski definition) is 0. The number of alkyl halides is 1. The van der Waals surface area contributed by atoms with Crippen molar-refractivity contribution < 1.29 is 4.74 Å². The van der Waals surface area contributed by atoms with E-state index in [2.05, 4.69) is 20.8 Å². The van der Waals surface area contributed by atoms with Crippen LogP contribution in [0.25, 0.3) is 0 Å². The van der Waals surface area contributed by atoms with Crippen molar-refractivity contribution in [3.8, 4) is 0 Å². The van der Waals surface area contributed by atoms with Crippen LogP contribution in [0.4, 0.5) is 0 Å². The maximum absolute atomic E-state index is 5.96. The monoisotopic (exact) mass is 190 g/mol. The molecule has 0 saturated heterocycles. The summed E-state index contributed by atoms with van der Waals surface area (Å²) in [5, 5.41) is 0. The van der Waals surface area contributed by atoms with Crippen LogP contribution >= 0.6 is 11.6 Å². The summed E-state index contributed by atoms with van der Waals surface area (Å²) in [7, 11) is 1.77. The molecule has 2 atom stereocenters. The molecule has 2 unspecified atom stereocenters. The van der Waals surface area contributed by atoms with E-state index in [1.807, 2.05) is 0 Å². The quantitative estimate of drug-likeness (QED) is 0.620. The highest BCUT2D eigenvalue weighted by atomic mass is 35.5. The first-order chi connectivity index (χ1) is 5.46. The summed E-state index contributed by atoms with van der Waals surface area (Å²) in [5.74, 6) is 1.56. The molecular weight excluding hydrogens is 172 g/mol. The topological polar surface area (TPSA) is 9.23 Å². The van der Waals surface area contributed by atoms with Crippen molar-refractivity contribution in [3.63, 3.8) is 0 Å². The van der Waals surface area contributed by atoms with Gasteiger partial charge in [0.1, 0.15) is 0 Å². The number of hydrogen-bond acceptors (Lipinski definition) is 1. The smallest absolute Gasteiger partial charge is 0.0628 e. The van der Waals surface area contributed by atoms with Crippen molar-refractivity contribution in [3.05, 3.63) is 0 Å². The molecule has 1 aliphatic rings. The Bertz CT molecular complexity index is 163. The molecule has 72 valence electrons. The molecule has 0 amide bonds. The van der Waals surface area contributed by atoms with Crippen LogP contribution in [0.5, 0.6) is 0 Å². The van der Waals surface area contributed by atoms with Gasteiger partial charge in [0, 0.05) is 13.0 Å². The second-order valence-electron chi connectivity index (χ2n) is 4.74. The third kappa shape index (κ3) is 1.94. The van der Waals surface area contributed by atoms with E-state index < -0.39 is 0 Å². The maximum atomic E-state index is 5.96. The van der Waals surface area contributed by atoms with Gasteiger partial charge in [0.2, 0.25) is 0 Å². The molecular formula is C10H19ClO. The molecule has 1 saturated carbocycles. The van der Waals surface area contributed by atoms with Crippen molar-refractivity contribution in [1.29, 1.82) is 0 Å². The van der Waals surface area contributed by atoms with Gasteiger partial charge >= 0.3 is 0 Å². The third-order valence-electron chi connectivity index (χ3n) is 3.19. The molecule has 1 fully saturated rings. The Balaban J connectivity index is 2.50. The van der Waals surface area contributed by atoms with E-state index in [0.717, 1.165) is 18.2 Å². The standard InChI is InChI=1S/C10H19ClO/c1-8-5-10(8,7-11)6-9(2,3)12-4/h8H,5-7H2,1-4H3. The van der Waals surface area contributed by atoms with Crippen LogP contribution in [0, 0.1) is 11.3 Å². The fraction of sp³-hybridized carbons (Fsp3) is 1.00. The fourth-order valence-electron chi connectivity index (χ4n) is 1.95. The first-order valence-corrected chi connectivity index (χ1v) is 5.10. The Hall–Kier alpha value is 0.250. The third-order valence-corrected chi connectivity index (χ3v) is 3.73. The largest absolute Gasteiger partial charge is 0.379 e. The molecule has 0 spiro atoms. The maximum Gasteiger partial charge on any atom is 0.0628 e. The van der Waals surface area contributed by atoms with E-state index in [9.17, 15) is 0 Å². The highest BCUT2D eigenvalue weighted by Crippen LogP contribution is 2.57. The minimum Gasteiger partial charge on any atom is -0.379 e. The van der Waals surface area contributed by atoms with Gasteiger partial charge in [0.05, 0.1) is 5.60 Å². The molecule has 0 aromatic rings. The van der Waals surface area contributed by atoms with E-state index in [4.69, 9.17) is 16.3 Å². The lowest BCUT2D eigenvalue weighted by molar-refractivity contribution is -0.000928. The van der Waals surface area contributed by atoms with Gasteiger partial charge in [-0.2, -0.15) is 0 Å². The molecule has 0 bridgehead atoms. The van der Waals surface area contributed by atoms with E-state index in [1.54, 1.807) is 7.11 Å². The molecule has 12 heavy (non-hydrogen) atoms. The minimum atomic E-state index is -0.0142. The lowest BCUT2D eigenvalue weighted by Gasteiger charge is -2.28. The van der Waals surface area contributed by atoms with Gasteiger partial charge in [0.15, 0.2) is 0 Å². The molecule has 0 aliphatic heterocycles. The van der Waals surface area contributed by atoms with Crippen LogP contribution in [0.2, 0.25) is 0 Å². The van der Waals surface area contributed by atoms with Crippen LogP contribution < -0.4 is 0 Å². The molecule has 0 heterocycles. The molecule has 0 N–H and O–H groups in total. The number of halogens is 1. The van der Waals surface area contributed by atoms with Crippen LogP contribution in [0.1, 0.15) is 33.6 Å². The lowest BCUT2D eigenvalue weighted by atomic mass is 9.90. The molecule has 2 heteroatoms. The summed E-state index contributed by atoms with van der Waals surface area (Å²) in [6, 6.07) is 0. The van der Waals surface area contributed by atoms with Crippen LogP contribution in [0.3, 0.4) is 0 Å². The Morgan fingerprint density at radius 3 is 2.33 bits per heavy atom. The molecule has 1 aliphatic carbocycles. The first kappa shape index (κ1) is 10.3. The zero-order chi connectivity index (χ0) is 9.41. The Kier molecular flexibility index (Phi) is 2.75. The number of rotatable bonds is 4. The zero-order valence-corrected chi connectivity index (χ0v) is 9.24. The highest BCUT2D eigenvalue weighted by Gasteiger charge is 2.52. The summed E-state index contributed by atoms with van der Waals surface area (Å²) in [6.45, 7) is 6.53. The van der Waals surface area contributed by atoms with Gasteiger partial charge in [-0.25, -0.2) is 0 Å². The average Bonchev–Trinajstić information content (AvgIpc) is 2.62. The summed E-state index contributed by atoms with van der Waals surface area (Å²) in [5.41, 5.74) is 0.362. The highest BCUT2D eigenvalue weighted by molar-refractivity contribution is 6.18. The second-order valence-corrected chi connectivity index (χ2v) is 5.01. The summed E-state index contributed by atoms with van der Waals surface area (Å²) in [6.07, 6.45) is 2.35. The Morgan fingerprint density at radius 2 is 2.08 bits per heavy atom. The van der Waals surface area contributed by atoms with E-state index in [-0.39, 0.29) is 5.60 Å². The predicted molar refractivity (Wildman–Crippen MR) is 52.6 cm³/mol. The van der Waals surface area contributed by atoms with Gasteiger partial charge in [-0.05, 0) is 38.0 Å². The van der Waals surface area contributed by atoms with E-state index >= 15 is 0 Å². The van der Waals surface area contributed by atoms with Gasteiger partial charge in [0.25, 0.3) is 0 Å². The van der Waals surface area contributed by atoms with Crippen LogP contribution in [0.15, 0.2) is 0 Å². The fourth-order valence-corrected chi connectivity index (χ4v) is 2.42. The molecule has 1 nitrogen and oxygen atoms in total. The Morgan fingerprint density at radius 1 is 1.58 bits per heavy atom. The van der Waals surface area contributed by atoms with Gasteiger partial charge in [-0.3, -0.25) is 0 Å². The first-order valence-electron chi connectivity index (χ1n) is 4.57. The van der Waals surface area contributed by atoms with E-state index in [1.165, 1.54) is 6.42 Å².